The Kier molecular flexibility index (Phi) is 9.51. The van der Waals surface area contributed by atoms with Crippen molar-refractivity contribution in [3.63, 3.8) is 0 Å². The van der Waals surface area contributed by atoms with Gasteiger partial charge in [0.15, 0.2) is 0 Å². The third-order valence-corrected chi connectivity index (χ3v) is 5.98. The van der Waals surface area contributed by atoms with Crippen LogP contribution in [0.3, 0.4) is 0 Å². The van der Waals surface area contributed by atoms with Gasteiger partial charge in [0.05, 0.1) is 11.1 Å². The molecule has 1 aliphatic carbocycles. The fourth-order valence-electron chi connectivity index (χ4n) is 4.01. The quantitative estimate of drug-likeness (QED) is 0.346. The minimum atomic E-state index is 0.250. The molecule has 1 amide bonds. The molecule has 1 aromatic carbocycles. The van der Waals surface area contributed by atoms with Gasteiger partial charge in [-0.2, -0.15) is 0 Å². The molecule has 1 aliphatic rings. The van der Waals surface area contributed by atoms with E-state index in [-0.39, 0.29) is 6.41 Å². The van der Waals surface area contributed by atoms with Crippen LogP contribution in [0.1, 0.15) is 44.7 Å². The summed E-state index contributed by atoms with van der Waals surface area (Å²) in [5.74, 6) is 0.513. The number of hydrogen-bond donors (Lipinski definition) is 2. The van der Waals surface area contributed by atoms with Crippen LogP contribution in [0.15, 0.2) is 79.4 Å². The average Bonchev–Trinajstić information content (AvgIpc) is 3.24. The zero-order valence-electron chi connectivity index (χ0n) is 21.1. The van der Waals surface area contributed by atoms with Crippen molar-refractivity contribution in [2.45, 2.75) is 46.1 Å². The van der Waals surface area contributed by atoms with Gasteiger partial charge in [-0.1, -0.05) is 67.9 Å². The van der Waals surface area contributed by atoms with Gasteiger partial charge in [-0.25, -0.2) is 9.97 Å². The van der Waals surface area contributed by atoms with Crippen molar-refractivity contribution in [2.75, 3.05) is 5.73 Å². The molecule has 3 heterocycles. The van der Waals surface area contributed by atoms with Crippen LogP contribution in [0.25, 0.3) is 33.4 Å². The van der Waals surface area contributed by atoms with Crippen LogP contribution in [0.2, 0.25) is 0 Å². The molecule has 0 saturated heterocycles. The van der Waals surface area contributed by atoms with Crippen molar-refractivity contribution in [1.29, 1.82) is 0 Å². The number of nitrogen functional groups attached to an aromatic ring is 1. The molecule has 7 nitrogen and oxygen atoms in total. The standard InChI is InChI=1S/C26H25N5.C2H6.CH3NO/c1-18-10-12-19(14-15-28-23(13-11-18)20-6-3-2-4-7-20)22-16-31(21-8-5-9-21)26-24(22)25(27)29-17-30-26;1-2;2-1-3/h2-4,6-7,10-17,21H,5,8-9H2,1H3,(H2,27,29,30);1-2H3;1H,(H2,2,3). The number of primary amides is 1. The largest absolute Gasteiger partial charge is 0.383 e. The second-order valence-corrected chi connectivity index (χ2v) is 8.19. The number of benzene rings is 1. The van der Waals surface area contributed by atoms with Gasteiger partial charge in [-0.3, -0.25) is 9.78 Å². The Bertz CT molecular complexity index is 1340. The second kappa shape index (κ2) is 13.0. The molecule has 0 aliphatic heterocycles. The SMILES string of the molecule is CC.Cc1ccc(-c2cn(C3CCC3)c3ncnc(N)c23)ccnc(-c2ccccc2)cc1.NC=O. The number of carbonyl (C=O) groups excluding carboxylic acids is 1. The summed E-state index contributed by atoms with van der Waals surface area (Å²) in [5, 5.41) is 0.913. The molecule has 36 heavy (non-hydrogen) atoms. The van der Waals surface area contributed by atoms with E-state index in [9.17, 15) is 0 Å². The van der Waals surface area contributed by atoms with E-state index in [1.807, 2.05) is 44.3 Å². The molecule has 5 rings (SSSR count). The predicted octanol–water partition coefficient (Wildman–Crippen LogP) is 6.03. The molecule has 0 unspecified atom stereocenters. The Balaban J connectivity index is 0.000000674. The maximum atomic E-state index is 8.58. The molecule has 3 aromatic heterocycles. The van der Waals surface area contributed by atoms with Crippen molar-refractivity contribution in [2.24, 2.45) is 5.73 Å². The van der Waals surface area contributed by atoms with Crippen LogP contribution in [0.5, 0.6) is 0 Å². The number of rotatable bonds is 3. The highest BCUT2D eigenvalue weighted by atomic mass is 16.1. The number of aryl methyl sites for hydroxylation is 1. The number of nitrogens with zero attached hydrogens (tertiary/aromatic N) is 4. The van der Waals surface area contributed by atoms with Crippen LogP contribution in [-0.4, -0.2) is 25.9 Å². The Morgan fingerprint density at radius 3 is 2.28 bits per heavy atom. The predicted molar refractivity (Wildman–Crippen MR) is 147 cm³/mol. The summed E-state index contributed by atoms with van der Waals surface area (Å²) in [7, 11) is 0. The van der Waals surface area contributed by atoms with Gasteiger partial charge in [0.25, 0.3) is 0 Å². The molecular formula is C29H34N6O. The van der Waals surface area contributed by atoms with E-state index in [0.29, 0.717) is 11.9 Å². The van der Waals surface area contributed by atoms with Crippen molar-refractivity contribution in [3.05, 3.63) is 84.9 Å². The number of hydrogen-bond acceptors (Lipinski definition) is 5. The third kappa shape index (κ3) is 6.05. The summed E-state index contributed by atoms with van der Waals surface area (Å²) < 4.78 is 2.27. The average molecular weight is 483 g/mol. The van der Waals surface area contributed by atoms with Gasteiger partial charge in [-0.05, 0) is 43.9 Å². The van der Waals surface area contributed by atoms with Crippen LogP contribution in [0.4, 0.5) is 5.82 Å². The lowest BCUT2D eigenvalue weighted by molar-refractivity contribution is -0.106. The fraction of sp³-hybridized carbons (Fsp3) is 0.241. The molecular weight excluding hydrogens is 448 g/mol. The van der Waals surface area contributed by atoms with Gasteiger partial charge >= 0.3 is 0 Å². The van der Waals surface area contributed by atoms with Gasteiger partial charge < -0.3 is 16.0 Å². The summed E-state index contributed by atoms with van der Waals surface area (Å²) in [5.41, 5.74) is 16.6. The number of nitrogens with two attached hydrogens (primary N) is 2. The summed E-state index contributed by atoms with van der Waals surface area (Å²) in [6, 6.07) is 21.1. The molecule has 1 saturated carbocycles. The molecule has 0 spiro atoms. The van der Waals surface area contributed by atoms with Crippen LogP contribution in [0, 0.1) is 6.92 Å². The number of aromatic nitrogens is 4. The van der Waals surface area contributed by atoms with Crippen molar-refractivity contribution in [3.8, 4) is 22.4 Å². The molecule has 4 aromatic rings. The minimum absolute atomic E-state index is 0.250. The lowest BCUT2D eigenvalue weighted by Crippen LogP contribution is -2.16. The second-order valence-electron chi connectivity index (χ2n) is 8.19. The van der Waals surface area contributed by atoms with Gasteiger partial charge in [0, 0.05) is 29.6 Å². The molecule has 4 N–H and O–H groups in total. The zero-order chi connectivity index (χ0) is 25.9. The Labute approximate surface area is 212 Å². The number of carbonyl (C=O) groups is 1. The molecule has 186 valence electrons. The fourth-order valence-corrected chi connectivity index (χ4v) is 4.01. The van der Waals surface area contributed by atoms with Crippen LogP contribution in [-0.2, 0) is 4.79 Å². The van der Waals surface area contributed by atoms with E-state index in [4.69, 9.17) is 15.5 Å². The van der Waals surface area contributed by atoms with E-state index in [1.165, 1.54) is 19.3 Å². The van der Waals surface area contributed by atoms with E-state index < -0.39 is 0 Å². The lowest BCUT2D eigenvalue weighted by Gasteiger charge is -2.27. The van der Waals surface area contributed by atoms with Crippen molar-refractivity contribution >= 4 is 23.3 Å². The first-order chi connectivity index (χ1) is 17.6. The van der Waals surface area contributed by atoms with Gasteiger partial charge in [-0.15, -0.1) is 0 Å². The van der Waals surface area contributed by atoms with Crippen LogP contribution < -0.4 is 11.5 Å². The molecule has 1 fully saturated rings. The van der Waals surface area contributed by atoms with Gasteiger partial charge in [0.1, 0.15) is 17.8 Å². The summed E-state index contributed by atoms with van der Waals surface area (Å²) in [4.78, 5) is 22.2. The summed E-state index contributed by atoms with van der Waals surface area (Å²) >= 11 is 0. The maximum absolute atomic E-state index is 8.58. The number of anilines is 1. The van der Waals surface area contributed by atoms with E-state index in [2.05, 4.69) is 69.8 Å². The van der Waals surface area contributed by atoms with E-state index >= 15 is 0 Å². The summed E-state index contributed by atoms with van der Waals surface area (Å²) in [6.45, 7) is 6.09. The monoisotopic (exact) mass is 482 g/mol. The van der Waals surface area contributed by atoms with Crippen LogP contribution >= 0.6 is 0 Å². The highest BCUT2D eigenvalue weighted by Gasteiger charge is 2.24. The van der Waals surface area contributed by atoms with Crippen molar-refractivity contribution < 1.29 is 4.79 Å². The smallest absolute Gasteiger partial charge is 0.204 e. The first kappa shape index (κ1) is 26.3. The molecule has 0 bridgehead atoms. The van der Waals surface area contributed by atoms with Crippen molar-refractivity contribution in [1.82, 2.24) is 19.5 Å². The van der Waals surface area contributed by atoms with Gasteiger partial charge in [0.2, 0.25) is 6.41 Å². The Morgan fingerprint density at radius 2 is 1.61 bits per heavy atom. The van der Waals surface area contributed by atoms with E-state index in [1.54, 1.807) is 6.33 Å². The Morgan fingerprint density at radius 1 is 0.917 bits per heavy atom. The normalized spacial score (nSPS) is 12.2. The highest BCUT2D eigenvalue weighted by Crippen LogP contribution is 2.39. The minimum Gasteiger partial charge on any atom is -0.383 e. The molecule has 0 atom stereocenters. The zero-order valence-corrected chi connectivity index (χ0v) is 21.1. The number of fused-ring (bicyclic) bond motifs is 1. The molecule has 7 heteroatoms. The van der Waals surface area contributed by atoms with E-state index in [0.717, 1.165) is 39.0 Å². The molecule has 0 radical (unpaired) electrons. The summed E-state index contributed by atoms with van der Waals surface area (Å²) in [6.07, 6.45) is 9.46. The Hall–Kier alpha value is -4.26. The maximum Gasteiger partial charge on any atom is 0.204 e. The first-order valence-corrected chi connectivity index (χ1v) is 12.3. The highest BCUT2D eigenvalue weighted by molar-refractivity contribution is 6.00. The third-order valence-electron chi connectivity index (χ3n) is 5.98. The lowest BCUT2D eigenvalue weighted by atomic mass is 9.93. The number of amides is 1. The topological polar surface area (TPSA) is 113 Å². The first-order valence-electron chi connectivity index (χ1n) is 12.3.